The van der Waals surface area contributed by atoms with Crippen LogP contribution in [-0.4, -0.2) is 23.0 Å². The standard InChI is InChI=1S/C6H3BrN2O4Se/c7-14-6-2-1-4(8(10)11)3-5(6)9(12)13/h1-3H. The Balaban J connectivity index is 3.27. The molecule has 1 rings (SSSR count). The molecule has 14 heavy (non-hydrogen) atoms. The molecule has 0 saturated carbocycles. The van der Waals surface area contributed by atoms with E-state index >= 15 is 0 Å². The Labute approximate surface area is 91.5 Å². The molecule has 0 heterocycles. The Morgan fingerprint density at radius 1 is 1.21 bits per heavy atom. The molecule has 0 unspecified atom stereocenters. The summed E-state index contributed by atoms with van der Waals surface area (Å²) in [7, 11) is 0. The van der Waals surface area contributed by atoms with Gasteiger partial charge in [-0.3, -0.25) is 0 Å². The molecule has 0 radical (unpaired) electrons. The summed E-state index contributed by atoms with van der Waals surface area (Å²) >= 11 is 2.89. The topological polar surface area (TPSA) is 86.3 Å². The second kappa shape index (κ2) is 4.49. The fourth-order valence-corrected chi connectivity index (χ4v) is 2.95. The second-order valence-corrected chi connectivity index (χ2v) is 5.17. The van der Waals surface area contributed by atoms with Gasteiger partial charge in [0.05, 0.1) is 0 Å². The second-order valence-electron chi connectivity index (χ2n) is 2.24. The molecular weight excluding hydrogens is 323 g/mol. The normalized spacial score (nSPS) is 9.79. The fourth-order valence-electron chi connectivity index (χ4n) is 0.827. The van der Waals surface area contributed by atoms with Crippen molar-refractivity contribution in [2.24, 2.45) is 0 Å². The molecule has 0 N–H and O–H groups in total. The van der Waals surface area contributed by atoms with E-state index in [1.807, 2.05) is 0 Å². The van der Waals surface area contributed by atoms with Gasteiger partial charge < -0.3 is 0 Å². The van der Waals surface area contributed by atoms with E-state index < -0.39 is 9.85 Å². The number of halogens is 1. The number of nitrogens with zero attached hydrogens (tertiary/aromatic N) is 2. The van der Waals surface area contributed by atoms with Crippen LogP contribution >= 0.6 is 14.1 Å². The molecule has 6 nitrogen and oxygen atoms in total. The third-order valence-electron chi connectivity index (χ3n) is 1.43. The van der Waals surface area contributed by atoms with Crippen LogP contribution in [0.3, 0.4) is 0 Å². The Kier molecular flexibility index (Phi) is 3.56. The molecule has 0 aliphatic rings. The van der Waals surface area contributed by atoms with Gasteiger partial charge in [-0.05, 0) is 0 Å². The monoisotopic (exact) mass is 326 g/mol. The number of nitro benzene ring substituents is 2. The molecule has 1 aromatic carbocycles. The van der Waals surface area contributed by atoms with Gasteiger partial charge in [0.1, 0.15) is 0 Å². The number of non-ortho nitro benzene ring substituents is 1. The van der Waals surface area contributed by atoms with Gasteiger partial charge in [-0.25, -0.2) is 0 Å². The summed E-state index contributed by atoms with van der Waals surface area (Å²) in [6, 6.07) is 3.62. The minimum absolute atomic E-state index is 0.212. The van der Waals surface area contributed by atoms with Crippen LogP contribution in [0.1, 0.15) is 0 Å². The third kappa shape index (κ3) is 2.28. The van der Waals surface area contributed by atoms with Crippen LogP contribution in [0.5, 0.6) is 0 Å². The quantitative estimate of drug-likeness (QED) is 0.474. The Morgan fingerprint density at radius 2 is 1.86 bits per heavy atom. The van der Waals surface area contributed by atoms with Crippen LogP contribution in [0.2, 0.25) is 0 Å². The van der Waals surface area contributed by atoms with Gasteiger partial charge in [-0.1, -0.05) is 0 Å². The summed E-state index contributed by atoms with van der Waals surface area (Å²) in [5.74, 6) is 0. The summed E-state index contributed by atoms with van der Waals surface area (Å²) in [6.45, 7) is 0. The fraction of sp³-hybridized carbons (Fsp3) is 0. The maximum atomic E-state index is 10.5. The van der Waals surface area contributed by atoms with Crippen LogP contribution < -0.4 is 4.46 Å². The van der Waals surface area contributed by atoms with Gasteiger partial charge in [-0.2, -0.15) is 0 Å². The van der Waals surface area contributed by atoms with Crippen molar-refractivity contribution in [3.63, 3.8) is 0 Å². The van der Waals surface area contributed by atoms with E-state index in [-0.39, 0.29) is 24.5 Å². The first-order valence-electron chi connectivity index (χ1n) is 3.27. The zero-order valence-corrected chi connectivity index (χ0v) is 9.84. The molecule has 1 aromatic rings. The van der Waals surface area contributed by atoms with E-state index in [1.54, 1.807) is 0 Å². The molecule has 0 atom stereocenters. The summed E-state index contributed by atoms with van der Waals surface area (Å²) in [4.78, 5) is 19.6. The number of hydrogen-bond acceptors (Lipinski definition) is 4. The summed E-state index contributed by atoms with van der Waals surface area (Å²) < 4.78 is 0.480. The molecule has 74 valence electrons. The van der Waals surface area contributed by atoms with E-state index in [0.717, 1.165) is 6.07 Å². The van der Waals surface area contributed by atoms with Gasteiger partial charge in [-0.15, -0.1) is 0 Å². The molecular formula is C6H3BrN2O4Se. The molecule has 0 aliphatic carbocycles. The average molecular weight is 326 g/mol. The molecule has 0 aromatic heterocycles. The van der Waals surface area contributed by atoms with Crippen molar-refractivity contribution in [3.05, 3.63) is 38.4 Å². The summed E-state index contributed by atoms with van der Waals surface area (Å²) in [5, 5.41) is 20.9. The van der Waals surface area contributed by atoms with Crippen LogP contribution in [0.25, 0.3) is 0 Å². The van der Waals surface area contributed by atoms with Crippen LogP contribution in [0.15, 0.2) is 18.2 Å². The zero-order chi connectivity index (χ0) is 10.7. The third-order valence-corrected chi connectivity index (χ3v) is 4.32. The first kappa shape index (κ1) is 11.1. The van der Waals surface area contributed by atoms with E-state index in [9.17, 15) is 20.2 Å². The van der Waals surface area contributed by atoms with Gasteiger partial charge >= 0.3 is 91.4 Å². The van der Waals surface area contributed by atoms with Crippen molar-refractivity contribution < 1.29 is 9.85 Å². The van der Waals surface area contributed by atoms with E-state index in [1.165, 1.54) is 12.1 Å². The molecule has 0 aliphatic heterocycles. The van der Waals surface area contributed by atoms with Crippen molar-refractivity contribution >= 4 is 43.1 Å². The van der Waals surface area contributed by atoms with Crippen molar-refractivity contribution in [2.45, 2.75) is 0 Å². The van der Waals surface area contributed by atoms with Gasteiger partial charge in [0, 0.05) is 0 Å². The summed E-state index contributed by atoms with van der Waals surface area (Å²) in [5.41, 5.74) is -0.478. The predicted octanol–water partition coefficient (Wildman–Crippen LogP) is 1.14. The molecule has 8 heteroatoms. The number of benzene rings is 1. The first-order chi connectivity index (χ1) is 6.56. The number of nitro groups is 2. The zero-order valence-electron chi connectivity index (χ0n) is 6.55. The van der Waals surface area contributed by atoms with Crippen molar-refractivity contribution in [3.8, 4) is 0 Å². The number of hydrogen-bond donors (Lipinski definition) is 0. The average Bonchev–Trinajstić information content (AvgIpc) is 2.16. The SMILES string of the molecule is O=[N+]([O-])c1ccc([Se]Br)c([N+](=O)[O-])c1. The maximum absolute atomic E-state index is 10.5. The van der Waals surface area contributed by atoms with Crippen molar-refractivity contribution in [1.82, 2.24) is 0 Å². The first-order valence-corrected chi connectivity index (χ1v) is 8.14. The van der Waals surface area contributed by atoms with E-state index in [4.69, 9.17) is 0 Å². The molecule has 0 bridgehead atoms. The molecule has 0 saturated heterocycles. The van der Waals surface area contributed by atoms with Gasteiger partial charge in [0.2, 0.25) is 0 Å². The Bertz CT molecular complexity index is 397. The van der Waals surface area contributed by atoms with Crippen LogP contribution in [0.4, 0.5) is 11.4 Å². The predicted molar refractivity (Wildman–Crippen MR) is 54.1 cm³/mol. The van der Waals surface area contributed by atoms with Gasteiger partial charge in [0.25, 0.3) is 0 Å². The van der Waals surface area contributed by atoms with Crippen LogP contribution in [0, 0.1) is 20.2 Å². The van der Waals surface area contributed by atoms with Crippen molar-refractivity contribution in [2.75, 3.05) is 0 Å². The van der Waals surface area contributed by atoms with Crippen molar-refractivity contribution in [1.29, 1.82) is 0 Å². The minimum atomic E-state index is -0.655. The van der Waals surface area contributed by atoms with Gasteiger partial charge in [0.15, 0.2) is 0 Å². The molecule has 0 amide bonds. The number of rotatable bonds is 3. The molecule has 0 spiro atoms. The van der Waals surface area contributed by atoms with E-state index in [0.29, 0.717) is 4.46 Å². The Morgan fingerprint density at radius 3 is 2.29 bits per heavy atom. The van der Waals surface area contributed by atoms with E-state index in [2.05, 4.69) is 14.1 Å². The Hall–Kier alpha value is -0.981. The van der Waals surface area contributed by atoms with Crippen LogP contribution in [-0.2, 0) is 0 Å². The summed E-state index contributed by atoms with van der Waals surface area (Å²) in [6.07, 6.45) is 0. The molecule has 0 fully saturated rings.